The molecule has 0 aliphatic heterocycles. The van der Waals surface area contributed by atoms with E-state index in [-0.39, 0.29) is 5.41 Å². The lowest BCUT2D eigenvalue weighted by Crippen LogP contribution is -2.20. The molecule has 5 nitrogen and oxygen atoms in total. The van der Waals surface area contributed by atoms with Gasteiger partial charge in [0.1, 0.15) is 5.76 Å². The lowest BCUT2D eigenvalue weighted by atomic mass is 9.71. The standard InChI is InChI=1S/C18H31O5P/c1-6-21-24(22-7-2)23-15(13-17(19)20)10-11-16-14(3)9-8-12-18(16,4)5/h13H,6-12H2,1-5H3,(H,19,20)/b15-13-. The molecule has 1 rings (SSSR count). The molecule has 0 unspecified atom stereocenters. The Bertz CT molecular complexity index is 476. The first kappa shape index (κ1) is 21.1. The summed E-state index contributed by atoms with van der Waals surface area (Å²) in [7, 11) is -1.54. The minimum absolute atomic E-state index is 0.168. The van der Waals surface area contributed by atoms with Crippen LogP contribution in [0.1, 0.15) is 66.7 Å². The summed E-state index contributed by atoms with van der Waals surface area (Å²) < 4.78 is 16.6. The highest BCUT2D eigenvalue weighted by molar-refractivity contribution is 7.41. The number of carboxylic acids is 1. The number of allylic oxidation sites excluding steroid dienone is 3. The third kappa shape index (κ3) is 6.92. The van der Waals surface area contributed by atoms with Crippen LogP contribution >= 0.6 is 8.60 Å². The van der Waals surface area contributed by atoms with Crippen molar-refractivity contribution in [3.05, 3.63) is 23.0 Å². The van der Waals surface area contributed by atoms with E-state index in [1.54, 1.807) is 0 Å². The Labute approximate surface area is 147 Å². The number of carboxylic acid groups (broad SMARTS) is 1. The average Bonchev–Trinajstić information content (AvgIpc) is 2.45. The first-order valence-corrected chi connectivity index (χ1v) is 9.76. The smallest absolute Gasteiger partial charge is 0.396 e. The van der Waals surface area contributed by atoms with Crippen molar-refractivity contribution in [2.45, 2.75) is 66.7 Å². The number of hydrogen-bond donors (Lipinski definition) is 1. The number of hydrogen-bond acceptors (Lipinski definition) is 4. The Morgan fingerprint density at radius 3 is 2.42 bits per heavy atom. The number of carbonyl (C=O) groups is 1. The first-order valence-electron chi connectivity index (χ1n) is 8.66. The van der Waals surface area contributed by atoms with Gasteiger partial charge in [-0.15, -0.1) is 0 Å². The Balaban J connectivity index is 2.81. The maximum absolute atomic E-state index is 11.1. The molecule has 1 aliphatic rings. The van der Waals surface area contributed by atoms with Crippen molar-refractivity contribution < 1.29 is 23.5 Å². The molecule has 1 N–H and O–H groups in total. The van der Waals surface area contributed by atoms with Crippen LogP contribution in [-0.4, -0.2) is 24.3 Å². The molecule has 0 fully saturated rings. The minimum atomic E-state index is -1.54. The molecule has 0 saturated heterocycles. The summed E-state index contributed by atoms with van der Waals surface area (Å²) in [5, 5.41) is 9.11. The Kier molecular flexibility index (Phi) is 8.96. The van der Waals surface area contributed by atoms with Crippen LogP contribution in [0.5, 0.6) is 0 Å². The van der Waals surface area contributed by atoms with E-state index in [0.29, 0.717) is 25.4 Å². The zero-order chi connectivity index (χ0) is 18.2. The molecule has 1 aliphatic carbocycles. The van der Waals surface area contributed by atoms with Gasteiger partial charge in [0, 0.05) is 6.42 Å². The van der Waals surface area contributed by atoms with E-state index in [0.717, 1.165) is 18.9 Å². The van der Waals surface area contributed by atoms with E-state index in [2.05, 4.69) is 20.8 Å². The second-order valence-corrected chi connectivity index (χ2v) is 7.74. The van der Waals surface area contributed by atoms with Gasteiger partial charge in [-0.1, -0.05) is 25.0 Å². The highest BCUT2D eigenvalue weighted by atomic mass is 31.2. The van der Waals surface area contributed by atoms with E-state index < -0.39 is 14.6 Å². The Morgan fingerprint density at radius 2 is 1.92 bits per heavy atom. The molecule has 0 aromatic heterocycles. The molecule has 0 aromatic carbocycles. The van der Waals surface area contributed by atoms with Gasteiger partial charge in [0.05, 0.1) is 19.3 Å². The van der Waals surface area contributed by atoms with Crippen LogP contribution in [0, 0.1) is 5.41 Å². The summed E-state index contributed by atoms with van der Waals surface area (Å²) in [5.41, 5.74) is 3.02. The molecular weight excluding hydrogens is 327 g/mol. The van der Waals surface area contributed by atoms with Gasteiger partial charge in [0.15, 0.2) is 0 Å². The third-order valence-electron chi connectivity index (χ3n) is 4.25. The van der Waals surface area contributed by atoms with Crippen molar-refractivity contribution in [1.82, 2.24) is 0 Å². The quantitative estimate of drug-likeness (QED) is 0.239. The lowest BCUT2D eigenvalue weighted by molar-refractivity contribution is -0.131. The Hall–Kier alpha value is -0.900. The maximum Gasteiger partial charge on any atom is 0.396 e. The van der Waals surface area contributed by atoms with Crippen LogP contribution in [0.15, 0.2) is 23.0 Å². The molecule has 24 heavy (non-hydrogen) atoms. The monoisotopic (exact) mass is 358 g/mol. The van der Waals surface area contributed by atoms with E-state index in [1.807, 2.05) is 13.8 Å². The summed E-state index contributed by atoms with van der Waals surface area (Å²) in [6, 6.07) is 0. The fraction of sp³-hybridized carbons (Fsp3) is 0.722. The van der Waals surface area contributed by atoms with Gasteiger partial charge >= 0.3 is 14.6 Å². The molecule has 0 amide bonds. The van der Waals surface area contributed by atoms with E-state index >= 15 is 0 Å². The van der Waals surface area contributed by atoms with Gasteiger partial charge in [0.25, 0.3) is 0 Å². The van der Waals surface area contributed by atoms with Crippen LogP contribution in [0.2, 0.25) is 0 Å². The second kappa shape index (κ2) is 10.2. The number of aliphatic carboxylic acids is 1. The minimum Gasteiger partial charge on any atom is -0.478 e. The molecule has 0 saturated carbocycles. The zero-order valence-electron chi connectivity index (χ0n) is 15.6. The molecule has 0 aromatic rings. The lowest BCUT2D eigenvalue weighted by Gasteiger charge is -2.35. The Morgan fingerprint density at radius 1 is 1.29 bits per heavy atom. The van der Waals surface area contributed by atoms with Crippen molar-refractivity contribution in [2.75, 3.05) is 13.2 Å². The molecule has 0 atom stereocenters. The molecule has 138 valence electrons. The summed E-state index contributed by atoms with van der Waals surface area (Å²) in [6.07, 6.45) is 5.99. The van der Waals surface area contributed by atoms with Gasteiger partial charge in [0.2, 0.25) is 0 Å². The highest BCUT2D eigenvalue weighted by Gasteiger charge is 2.28. The van der Waals surface area contributed by atoms with Crippen molar-refractivity contribution in [3.63, 3.8) is 0 Å². The average molecular weight is 358 g/mol. The molecular formula is C18H31O5P. The summed E-state index contributed by atoms with van der Waals surface area (Å²) in [4.78, 5) is 11.1. The van der Waals surface area contributed by atoms with Crippen molar-refractivity contribution in [2.24, 2.45) is 5.41 Å². The van der Waals surface area contributed by atoms with Crippen molar-refractivity contribution >= 4 is 14.6 Å². The normalized spacial score (nSPS) is 18.2. The topological polar surface area (TPSA) is 65.0 Å². The summed E-state index contributed by atoms with van der Waals surface area (Å²) in [6.45, 7) is 11.4. The van der Waals surface area contributed by atoms with E-state index in [9.17, 15) is 4.79 Å². The highest BCUT2D eigenvalue weighted by Crippen LogP contribution is 2.45. The van der Waals surface area contributed by atoms with Crippen LogP contribution in [0.4, 0.5) is 0 Å². The van der Waals surface area contributed by atoms with E-state index in [4.69, 9.17) is 18.7 Å². The third-order valence-corrected chi connectivity index (χ3v) is 5.57. The van der Waals surface area contributed by atoms with Gasteiger partial charge < -0.3 is 18.7 Å². The first-order chi connectivity index (χ1) is 11.3. The van der Waals surface area contributed by atoms with Gasteiger partial charge in [-0.05, 0) is 51.9 Å². The predicted molar refractivity (Wildman–Crippen MR) is 96.5 cm³/mol. The van der Waals surface area contributed by atoms with Crippen molar-refractivity contribution in [1.29, 1.82) is 0 Å². The largest absolute Gasteiger partial charge is 0.478 e. The van der Waals surface area contributed by atoms with Gasteiger partial charge in [-0.2, -0.15) is 0 Å². The summed E-state index contributed by atoms with van der Waals surface area (Å²) >= 11 is 0. The SMILES string of the molecule is CCOP(OCC)O/C(=C\C(=O)O)CCC1=C(C)CCCC1(C)C. The molecule has 6 heteroatoms. The molecule has 0 bridgehead atoms. The number of rotatable bonds is 10. The molecule has 0 heterocycles. The van der Waals surface area contributed by atoms with E-state index in [1.165, 1.54) is 24.0 Å². The van der Waals surface area contributed by atoms with Gasteiger partial charge in [-0.25, -0.2) is 4.79 Å². The van der Waals surface area contributed by atoms with Crippen LogP contribution in [-0.2, 0) is 18.4 Å². The van der Waals surface area contributed by atoms with Gasteiger partial charge in [-0.3, -0.25) is 0 Å². The second-order valence-electron chi connectivity index (χ2n) is 6.60. The zero-order valence-corrected chi connectivity index (χ0v) is 16.4. The predicted octanol–water partition coefficient (Wildman–Crippen LogP) is 5.58. The summed E-state index contributed by atoms with van der Waals surface area (Å²) in [5.74, 6) is -0.598. The fourth-order valence-electron chi connectivity index (χ4n) is 3.15. The van der Waals surface area contributed by atoms with Crippen molar-refractivity contribution in [3.8, 4) is 0 Å². The van der Waals surface area contributed by atoms with Crippen LogP contribution in [0.25, 0.3) is 0 Å². The van der Waals surface area contributed by atoms with Crippen LogP contribution < -0.4 is 0 Å². The maximum atomic E-state index is 11.1. The van der Waals surface area contributed by atoms with Crippen LogP contribution in [0.3, 0.4) is 0 Å². The molecule has 0 spiro atoms. The fourth-order valence-corrected chi connectivity index (χ4v) is 4.09. The molecule has 0 radical (unpaired) electrons.